The topological polar surface area (TPSA) is 24.4 Å². The van der Waals surface area contributed by atoms with Crippen molar-refractivity contribution in [2.45, 2.75) is 12.8 Å². The van der Waals surface area contributed by atoms with Gasteiger partial charge >= 0.3 is 0 Å². The lowest BCUT2D eigenvalue weighted by Crippen LogP contribution is -2.08. The molecule has 0 amide bonds. The highest BCUT2D eigenvalue weighted by Gasteiger charge is 2.09. The number of benzene rings is 2. The SMILES string of the molecule is Clc1ccc(NC2=NCCC2)c2ccccc12. The van der Waals surface area contributed by atoms with E-state index >= 15 is 0 Å². The smallest absolute Gasteiger partial charge is 0.101 e. The third-order valence-corrected chi connectivity index (χ3v) is 3.35. The molecule has 2 aromatic carbocycles. The van der Waals surface area contributed by atoms with Crippen LogP contribution in [0.5, 0.6) is 0 Å². The fourth-order valence-corrected chi connectivity index (χ4v) is 2.40. The highest BCUT2D eigenvalue weighted by atomic mass is 35.5. The summed E-state index contributed by atoms with van der Waals surface area (Å²) in [4.78, 5) is 4.43. The lowest BCUT2D eigenvalue weighted by atomic mass is 10.1. The van der Waals surface area contributed by atoms with E-state index in [9.17, 15) is 0 Å². The van der Waals surface area contributed by atoms with Crippen LogP contribution in [0, 0.1) is 0 Å². The molecule has 0 bridgehead atoms. The van der Waals surface area contributed by atoms with Crippen molar-refractivity contribution in [3.63, 3.8) is 0 Å². The van der Waals surface area contributed by atoms with Crippen molar-refractivity contribution >= 4 is 33.9 Å². The second-order valence-corrected chi connectivity index (χ2v) is 4.60. The quantitative estimate of drug-likeness (QED) is 0.803. The third kappa shape index (κ3) is 2.01. The molecule has 0 fully saturated rings. The van der Waals surface area contributed by atoms with Gasteiger partial charge in [0.2, 0.25) is 0 Å². The summed E-state index contributed by atoms with van der Waals surface area (Å²) in [6.07, 6.45) is 2.19. The van der Waals surface area contributed by atoms with E-state index in [0.29, 0.717) is 0 Å². The first kappa shape index (κ1) is 10.6. The number of amidine groups is 1. The van der Waals surface area contributed by atoms with Crippen LogP contribution >= 0.6 is 11.6 Å². The number of hydrogen-bond donors (Lipinski definition) is 1. The minimum atomic E-state index is 0.791. The lowest BCUT2D eigenvalue weighted by Gasteiger charge is -2.10. The average molecular weight is 245 g/mol. The monoisotopic (exact) mass is 244 g/mol. The van der Waals surface area contributed by atoms with Crippen LogP contribution < -0.4 is 5.32 Å². The molecule has 1 heterocycles. The molecule has 0 aromatic heterocycles. The summed E-state index contributed by atoms with van der Waals surface area (Å²) in [5.41, 5.74) is 1.09. The molecule has 0 saturated heterocycles. The van der Waals surface area contributed by atoms with Gasteiger partial charge in [-0.15, -0.1) is 0 Å². The zero-order chi connectivity index (χ0) is 11.7. The maximum absolute atomic E-state index is 6.19. The minimum Gasteiger partial charge on any atom is -0.344 e. The van der Waals surface area contributed by atoms with Crippen molar-refractivity contribution in [3.8, 4) is 0 Å². The van der Waals surface area contributed by atoms with Gasteiger partial charge in [-0.2, -0.15) is 0 Å². The highest BCUT2D eigenvalue weighted by Crippen LogP contribution is 2.30. The number of hydrogen-bond acceptors (Lipinski definition) is 2. The molecule has 0 aliphatic carbocycles. The number of nitrogens with zero attached hydrogens (tertiary/aromatic N) is 1. The number of rotatable bonds is 1. The van der Waals surface area contributed by atoms with Crippen LogP contribution in [0.25, 0.3) is 10.8 Å². The third-order valence-electron chi connectivity index (χ3n) is 3.02. The molecule has 86 valence electrons. The van der Waals surface area contributed by atoms with Crippen molar-refractivity contribution in [1.82, 2.24) is 0 Å². The molecule has 1 aliphatic rings. The van der Waals surface area contributed by atoms with Gasteiger partial charge in [0.25, 0.3) is 0 Å². The van der Waals surface area contributed by atoms with Gasteiger partial charge in [0, 0.05) is 34.4 Å². The Kier molecular flexibility index (Phi) is 2.73. The van der Waals surface area contributed by atoms with Crippen molar-refractivity contribution in [2.75, 3.05) is 11.9 Å². The maximum atomic E-state index is 6.19. The number of anilines is 1. The molecule has 3 rings (SSSR count). The van der Waals surface area contributed by atoms with E-state index < -0.39 is 0 Å². The number of nitrogens with one attached hydrogen (secondary N) is 1. The van der Waals surface area contributed by atoms with E-state index in [2.05, 4.69) is 16.4 Å². The van der Waals surface area contributed by atoms with E-state index in [-0.39, 0.29) is 0 Å². The maximum Gasteiger partial charge on any atom is 0.101 e. The summed E-state index contributed by atoms with van der Waals surface area (Å²) in [7, 11) is 0. The Hall–Kier alpha value is -1.54. The van der Waals surface area contributed by atoms with Crippen molar-refractivity contribution in [1.29, 1.82) is 0 Å². The average Bonchev–Trinajstić information content (AvgIpc) is 2.86. The number of halogens is 1. The molecule has 17 heavy (non-hydrogen) atoms. The van der Waals surface area contributed by atoms with Crippen molar-refractivity contribution in [3.05, 3.63) is 41.4 Å². The first-order valence-electron chi connectivity index (χ1n) is 5.82. The molecule has 1 N–H and O–H groups in total. The van der Waals surface area contributed by atoms with Crippen LogP contribution in [-0.2, 0) is 0 Å². The first-order chi connectivity index (χ1) is 8.34. The molecule has 1 aliphatic heterocycles. The first-order valence-corrected chi connectivity index (χ1v) is 6.20. The number of fused-ring (bicyclic) bond motifs is 1. The predicted molar refractivity (Wildman–Crippen MR) is 74.1 cm³/mol. The van der Waals surface area contributed by atoms with Crippen LogP contribution in [0.15, 0.2) is 41.4 Å². The normalized spacial score (nSPS) is 15.0. The summed E-state index contributed by atoms with van der Waals surface area (Å²) < 4.78 is 0. The second kappa shape index (κ2) is 4.38. The summed E-state index contributed by atoms with van der Waals surface area (Å²) >= 11 is 6.19. The summed E-state index contributed by atoms with van der Waals surface area (Å²) in [6, 6.07) is 12.1. The zero-order valence-electron chi connectivity index (χ0n) is 9.41. The van der Waals surface area contributed by atoms with Crippen LogP contribution in [0.2, 0.25) is 5.02 Å². The Bertz CT molecular complexity index is 590. The van der Waals surface area contributed by atoms with Crippen LogP contribution in [-0.4, -0.2) is 12.4 Å². The Labute approximate surface area is 105 Å². The van der Waals surface area contributed by atoms with Gasteiger partial charge < -0.3 is 5.32 Å². The Morgan fingerprint density at radius 1 is 1.06 bits per heavy atom. The Balaban J connectivity index is 2.07. The van der Waals surface area contributed by atoms with Gasteiger partial charge in [0.15, 0.2) is 0 Å². The molecule has 0 saturated carbocycles. The molecule has 2 nitrogen and oxygen atoms in total. The van der Waals surface area contributed by atoms with Crippen LogP contribution in [0.4, 0.5) is 5.69 Å². The molecule has 0 unspecified atom stereocenters. The summed E-state index contributed by atoms with van der Waals surface area (Å²) in [6.45, 7) is 0.938. The molecule has 0 atom stereocenters. The Morgan fingerprint density at radius 3 is 2.65 bits per heavy atom. The van der Waals surface area contributed by atoms with Crippen molar-refractivity contribution < 1.29 is 0 Å². The fraction of sp³-hybridized carbons (Fsp3) is 0.214. The van der Waals surface area contributed by atoms with Gasteiger partial charge in [-0.1, -0.05) is 35.9 Å². The van der Waals surface area contributed by atoms with Gasteiger partial charge in [0.1, 0.15) is 5.84 Å². The van der Waals surface area contributed by atoms with E-state index in [1.54, 1.807) is 0 Å². The summed E-state index contributed by atoms with van der Waals surface area (Å²) in [5, 5.41) is 6.42. The van der Waals surface area contributed by atoms with Crippen molar-refractivity contribution in [2.24, 2.45) is 4.99 Å². The van der Waals surface area contributed by atoms with E-state index in [0.717, 1.165) is 46.7 Å². The largest absolute Gasteiger partial charge is 0.344 e. The lowest BCUT2D eigenvalue weighted by molar-refractivity contribution is 0.951. The molecule has 3 heteroatoms. The zero-order valence-corrected chi connectivity index (χ0v) is 10.2. The van der Waals surface area contributed by atoms with E-state index in [1.165, 1.54) is 0 Å². The highest BCUT2D eigenvalue weighted by molar-refractivity contribution is 6.36. The van der Waals surface area contributed by atoms with Gasteiger partial charge in [0.05, 0.1) is 0 Å². The van der Waals surface area contributed by atoms with Crippen LogP contribution in [0.3, 0.4) is 0 Å². The second-order valence-electron chi connectivity index (χ2n) is 4.20. The van der Waals surface area contributed by atoms with Gasteiger partial charge in [-0.3, -0.25) is 4.99 Å². The molecular weight excluding hydrogens is 232 g/mol. The Morgan fingerprint density at radius 2 is 1.88 bits per heavy atom. The molecule has 0 spiro atoms. The van der Waals surface area contributed by atoms with Gasteiger partial charge in [-0.25, -0.2) is 0 Å². The minimum absolute atomic E-state index is 0.791. The molecule has 0 radical (unpaired) electrons. The van der Waals surface area contributed by atoms with E-state index in [1.807, 2.05) is 30.3 Å². The van der Waals surface area contributed by atoms with Gasteiger partial charge in [-0.05, 0) is 18.6 Å². The predicted octanol–water partition coefficient (Wildman–Crippen LogP) is 4.10. The van der Waals surface area contributed by atoms with Crippen LogP contribution in [0.1, 0.15) is 12.8 Å². The number of aliphatic imine (C=N–C) groups is 1. The molecular formula is C14H13ClN2. The fourth-order valence-electron chi connectivity index (χ4n) is 2.17. The molecule has 2 aromatic rings. The van der Waals surface area contributed by atoms with E-state index in [4.69, 9.17) is 11.6 Å². The summed E-state index contributed by atoms with van der Waals surface area (Å²) in [5.74, 6) is 1.08. The standard InChI is InChI=1S/C14H13ClN2/c15-12-7-8-13(17-14-6-3-9-16-14)11-5-2-1-4-10(11)12/h1-2,4-5,7-8H,3,6,9H2,(H,16,17).